The maximum absolute atomic E-state index is 3.43. The molecular weight excluding hydrogens is 146 g/mol. The van der Waals surface area contributed by atoms with Gasteiger partial charge in [-0.2, -0.15) is 15.4 Å². The quantitative estimate of drug-likeness (QED) is 0.613. The van der Waals surface area contributed by atoms with E-state index in [1.807, 2.05) is 17.5 Å². The number of aromatic amines is 1. The minimum absolute atomic E-state index is 1.46. The number of rotatable bonds is 0. The number of aromatic nitrogens is 3. The first-order chi connectivity index (χ1) is 5.00. The number of hydrogen-bond acceptors (Lipinski definition) is 3. The summed E-state index contributed by atoms with van der Waals surface area (Å²) in [5.41, 5.74) is 0. The molecule has 3 nitrogen and oxygen atoms in total. The number of nitrogens with zero attached hydrogens (tertiary/aromatic N) is 2. The van der Waals surface area contributed by atoms with Gasteiger partial charge in [-0.15, -0.1) is 11.3 Å². The van der Waals surface area contributed by atoms with Gasteiger partial charge in [0.2, 0.25) is 0 Å². The van der Waals surface area contributed by atoms with Gasteiger partial charge in [-0.3, -0.25) is 0 Å². The predicted molar refractivity (Wildman–Crippen MR) is 38.4 cm³/mol. The highest BCUT2D eigenvalue weighted by atomic mass is 32.1. The molecule has 0 atom stereocenters. The molecule has 2 aromatic rings. The summed E-state index contributed by atoms with van der Waals surface area (Å²) in [5, 5.41) is 14.0. The summed E-state index contributed by atoms with van der Waals surface area (Å²) in [4.78, 5) is 0. The van der Waals surface area contributed by atoms with Gasteiger partial charge in [0.1, 0.15) is 6.20 Å². The molecule has 0 saturated carbocycles. The van der Waals surface area contributed by atoms with Crippen LogP contribution in [-0.4, -0.2) is 15.4 Å². The van der Waals surface area contributed by atoms with Crippen LogP contribution in [0, 0.1) is 11.6 Å². The van der Waals surface area contributed by atoms with Gasteiger partial charge < -0.3 is 0 Å². The van der Waals surface area contributed by atoms with Crippen molar-refractivity contribution in [2.75, 3.05) is 0 Å². The van der Waals surface area contributed by atoms with Crippen LogP contribution >= 0.6 is 11.3 Å². The standard InChI is InChI=1S/C4H3S.C2H2N3/c2*1-2-4-5-3-1/h1-3H;1H,(H,3,4,5). The summed E-state index contributed by atoms with van der Waals surface area (Å²) in [6.07, 6.45) is 3.90. The van der Waals surface area contributed by atoms with Crippen LogP contribution in [0.1, 0.15) is 0 Å². The van der Waals surface area contributed by atoms with E-state index in [4.69, 9.17) is 0 Å². The van der Waals surface area contributed by atoms with Gasteiger partial charge >= 0.3 is 0 Å². The molecule has 2 rings (SSSR count). The Bertz CT molecular complexity index is 152. The van der Waals surface area contributed by atoms with Crippen molar-refractivity contribution in [3.8, 4) is 0 Å². The van der Waals surface area contributed by atoms with E-state index in [2.05, 4.69) is 27.0 Å². The molecule has 10 heavy (non-hydrogen) atoms. The van der Waals surface area contributed by atoms with Crippen LogP contribution in [0.3, 0.4) is 0 Å². The Labute approximate surface area is 62.7 Å². The normalized spacial score (nSPS) is 8.00. The second-order valence-electron chi connectivity index (χ2n) is 1.33. The Morgan fingerprint density at radius 2 is 2.50 bits per heavy atom. The van der Waals surface area contributed by atoms with Crippen LogP contribution in [-0.2, 0) is 0 Å². The van der Waals surface area contributed by atoms with Crippen molar-refractivity contribution in [3.63, 3.8) is 0 Å². The molecule has 0 aromatic carbocycles. The van der Waals surface area contributed by atoms with Crippen LogP contribution in [0.15, 0.2) is 23.7 Å². The molecule has 2 heterocycles. The fourth-order valence-electron chi connectivity index (χ4n) is 0.341. The molecule has 1 N–H and O–H groups in total. The van der Waals surface area contributed by atoms with Crippen molar-refractivity contribution in [1.82, 2.24) is 15.4 Å². The van der Waals surface area contributed by atoms with Gasteiger partial charge in [0.05, 0.1) is 6.20 Å². The molecule has 50 valence electrons. The molecule has 0 bridgehead atoms. The minimum atomic E-state index is 1.46. The van der Waals surface area contributed by atoms with E-state index >= 15 is 0 Å². The summed E-state index contributed by atoms with van der Waals surface area (Å²) in [7, 11) is 0. The Morgan fingerprint density at radius 3 is 2.70 bits per heavy atom. The third kappa shape index (κ3) is 2.99. The van der Waals surface area contributed by atoms with E-state index in [0.717, 1.165) is 0 Å². The lowest BCUT2D eigenvalue weighted by atomic mass is 10.7. The Hall–Kier alpha value is -1.16. The number of thiophene rings is 1. The molecule has 0 spiro atoms. The van der Waals surface area contributed by atoms with Gasteiger partial charge in [-0.25, -0.2) is 0 Å². The van der Waals surface area contributed by atoms with Gasteiger partial charge in [-0.05, 0) is 11.4 Å². The first-order valence-corrected chi connectivity index (χ1v) is 3.49. The highest BCUT2D eigenvalue weighted by Crippen LogP contribution is 1.90. The number of hydrogen-bond donors (Lipinski definition) is 1. The molecule has 2 aromatic heterocycles. The van der Waals surface area contributed by atoms with Crippen molar-refractivity contribution in [2.45, 2.75) is 0 Å². The second-order valence-corrected chi connectivity index (χ2v) is 2.07. The summed E-state index contributed by atoms with van der Waals surface area (Å²) in [5.74, 6) is 0. The average molecular weight is 151 g/mol. The lowest BCUT2D eigenvalue weighted by Crippen LogP contribution is -1.62. The maximum Gasteiger partial charge on any atom is 0.134 e. The van der Waals surface area contributed by atoms with Gasteiger partial charge in [0, 0.05) is 5.38 Å². The zero-order chi connectivity index (χ0) is 7.07. The predicted octanol–water partition coefficient (Wildman–Crippen LogP) is 1.15. The highest BCUT2D eigenvalue weighted by Gasteiger charge is 1.60. The Morgan fingerprint density at radius 1 is 1.50 bits per heavy atom. The molecule has 0 saturated heterocycles. The van der Waals surface area contributed by atoms with E-state index < -0.39 is 0 Å². The lowest BCUT2D eigenvalue weighted by Gasteiger charge is -1.48. The molecule has 0 aliphatic rings. The maximum atomic E-state index is 3.43. The summed E-state index contributed by atoms with van der Waals surface area (Å²) < 4.78 is 0. The fraction of sp³-hybridized carbons (Fsp3) is 0. The van der Waals surface area contributed by atoms with Crippen LogP contribution in [0.25, 0.3) is 0 Å². The van der Waals surface area contributed by atoms with E-state index in [1.54, 1.807) is 11.3 Å². The van der Waals surface area contributed by atoms with Crippen molar-refractivity contribution in [1.29, 1.82) is 0 Å². The van der Waals surface area contributed by atoms with Crippen LogP contribution in [0.5, 0.6) is 0 Å². The topological polar surface area (TPSA) is 41.6 Å². The lowest BCUT2D eigenvalue weighted by molar-refractivity contribution is 0.938. The first kappa shape index (κ1) is 6.95. The molecule has 2 radical (unpaired) electrons. The zero-order valence-electron chi connectivity index (χ0n) is 5.11. The zero-order valence-corrected chi connectivity index (χ0v) is 5.93. The molecule has 0 amide bonds. The van der Waals surface area contributed by atoms with Crippen LogP contribution in [0.4, 0.5) is 0 Å². The molecule has 4 heteroatoms. The van der Waals surface area contributed by atoms with Crippen molar-refractivity contribution in [2.24, 2.45) is 0 Å². The fourth-order valence-corrected chi connectivity index (χ4v) is 0.734. The Balaban J connectivity index is 0.0000001000. The van der Waals surface area contributed by atoms with Crippen LogP contribution in [0.2, 0.25) is 0 Å². The van der Waals surface area contributed by atoms with E-state index in [-0.39, 0.29) is 0 Å². The Kier molecular flexibility index (Phi) is 3.26. The average Bonchev–Trinajstić information content (AvgIpc) is 2.67. The largest absolute Gasteiger partial charge is 0.197 e. The van der Waals surface area contributed by atoms with Crippen molar-refractivity contribution < 1.29 is 0 Å². The number of nitrogens with one attached hydrogen (secondary N) is 1. The van der Waals surface area contributed by atoms with Crippen molar-refractivity contribution in [3.05, 3.63) is 35.3 Å². The van der Waals surface area contributed by atoms with Gasteiger partial charge in [0.15, 0.2) is 0 Å². The molecule has 0 aliphatic heterocycles. The van der Waals surface area contributed by atoms with E-state index in [9.17, 15) is 0 Å². The smallest absolute Gasteiger partial charge is 0.134 e. The molecular formula is C6H5N3S. The summed E-state index contributed by atoms with van der Waals surface area (Å²) in [6.45, 7) is 0. The van der Waals surface area contributed by atoms with Gasteiger partial charge in [-0.1, -0.05) is 6.07 Å². The van der Waals surface area contributed by atoms with Gasteiger partial charge in [0.25, 0.3) is 0 Å². The first-order valence-electron chi connectivity index (χ1n) is 2.61. The SMILES string of the molecule is [c]1cccs1.[c]1cn[nH]n1. The minimum Gasteiger partial charge on any atom is -0.197 e. The monoisotopic (exact) mass is 151 g/mol. The third-order valence-corrected chi connectivity index (χ3v) is 1.24. The van der Waals surface area contributed by atoms with E-state index in [0.29, 0.717) is 0 Å². The molecule has 0 fully saturated rings. The number of H-pyrrole nitrogens is 1. The molecule has 0 unspecified atom stereocenters. The summed E-state index contributed by atoms with van der Waals surface area (Å²) >= 11 is 1.59. The van der Waals surface area contributed by atoms with Crippen molar-refractivity contribution >= 4 is 11.3 Å². The van der Waals surface area contributed by atoms with E-state index in [1.165, 1.54) is 6.20 Å². The van der Waals surface area contributed by atoms with Crippen LogP contribution < -0.4 is 0 Å². The summed E-state index contributed by atoms with van der Waals surface area (Å²) in [6, 6.07) is 3.86. The highest BCUT2D eigenvalue weighted by molar-refractivity contribution is 7.07. The third-order valence-electron chi connectivity index (χ3n) is 0.673. The molecule has 0 aliphatic carbocycles. The second kappa shape index (κ2) is 4.69.